The van der Waals surface area contributed by atoms with Gasteiger partial charge in [-0.2, -0.15) is 0 Å². The van der Waals surface area contributed by atoms with Crippen molar-refractivity contribution in [2.24, 2.45) is 0 Å². The number of Topliss-reactive ketones (excluding diaryl/α,β-unsaturated/α-hetero) is 1. The number of benzene rings is 1. The van der Waals surface area contributed by atoms with Crippen molar-refractivity contribution >= 4 is 22.7 Å². The van der Waals surface area contributed by atoms with Crippen molar-refractivity contribution in [1.29, 1.82) is 0 Å². The van der Waals surface area contributed by atoms with Gasteiger partial charge in [0.25, 0.3) is 0 Å². The number of fused-ring (bicyclic) bond motifs is 1. The minimum absolute atomic E-state index is 0.0540. The Morgan fingerprint density at radius 2 is 2.05 bits per heavy atom. The number of para-hydroxylation sites is 1. The average molecular weight is 297 g/mol. The molecule has 0 amide bonds. The van der Waals surface area contributed by atoms with Gasteiger partial charge in [0, 0.05) is 34.6 Å². The fourth-order valence-electron chi connectivity index (χ4n) is 2.37. The summed E-state index contributed by atoms with van der Waals surface area (Å²) in [4.78, 5) is 26.3. The number of esters is 1. The van der Waals surface area contributed by atoms with Crippen molar-refractivity contribution in [3.05, 3.63) is 48.6 Å². The second-order valence-corrected chi connectivity index (χ2v) is 4.95. The van der Waals surface area contributed by atoms with Crippen LogP contribution in [0.4, 0.5) is 0 Å². The number of ketones is 1. The average Bonchev–Trinajstić information content (AvgIpc) is 3.18. The lowest BCUT2D eigenvalue weighted by atomic mass is 10.1. The maximum atomic E-state index is 12.0. The number of methoxy groups -OCH3 is 1. The summed E-state index contributed by atoms with van der Waals surface area (Å²) in [6.45, 7) is 0. The lowest BCUT2D eigenvalue weighted by Gasteiger charge is -1.96. The molecular weight excluding hydrogens is 282 g/mol. The van der Waals surface area contributed by atoms with Crippen molar-refractivity contribution in [3.8, 4) is 11.1 Å². The maximum absolute atomic E-state index is 12.0. The van der Waals surface area contributed by atoms with Crippen LogP contribution in [0.15, 0.2) is 47.2 Å². The largest absolute Gasteiger partial charge is 0.469 e. The second kappa shape index (κ2) is 5.89. The normalized spacial score (nSPS) is 10.8. The lowest BCUT2D eigenvalue weighted by molar-refractivity contribution is -0.140. The summed E-state index contributed by atoms with van der Waals surface area (Å²) in [5, 5.41) is 1.07. The molecule has 3 rings (SSSR count). The SMILES string of the molecule is COC(=O)CCC(=O)c1cc(-c2c[nH]c3ccccc23)co1. The molecule has 0 aliphatic rings. The number of carbonyl (C=O) groups is 2. The molecule has 112 valence electrons. The molecule has 0 atom stereocenters. The quantitative estimate of drug-likeness (QED) is 0.577. The Bertz CT molecular complexity index is 828. The number of nitrogens with one attached hydrogen (secondary N) is 1. The fraction of sp³-hybridized carbons (Fsp3) is 0.176. The summed E-state index contributed by atoms with van der Waals surface area (Å²) in [6, 6.07) is 9.62. The molecular formula is C17H15NO4. The van der Waals surface area contributed by atoms with Crippen LogP contribution >= 0.6 is 0 Å². The van der Waals surface area contributed by atoms with Gasteiger partial charge in [0.1, 0.15) is 0 Å². The molecule has 3 aromatic rings. The highest BCUT2D eigenvalue weighted by atomic mass is 16.5. The molecule has 0 saturated heterocycles. The highest BCUT2D eigenvalue weighted by Crippen LogP contribution is 2.30. The van der Waals surface area contributed by atoms with E-state index >= 15 is 0 Å². The van der Waals surface area contributed by atoms with Crippen LogP contribution in [0, 0.1) is 0 Å². The summed E-state index contributed by atoms with van der Waals surface area (Å²) in [7, 11) is 1.30. The predicted molar refractivity (Wildman–Crippen MR) is 81.6 cm³/mol. The van der Waals surface area contributed by atoms with Gasteiger partial charge in [-0.3, -0.25) is 9.59 Å². The molecule has 2 aromatic heterocycles. The molecule has 0 bridgehead atoms. The van der Waals surface area contributed by atoms with Gasteiger partial charge in [0.2, 0.25) is 0 Å². The number of carbonyl (C=O) groups excluding carboxylic acids is 2. The van der Waals surface area contributed by atoms with Crippen LogP contribution in [0.5, 0.6) is 0 Å². The number of ether oxygens (including phenoxy) is 1. The molecule has 0 spiro atoms. The predicted octanol–water partition coefficient (Wildman–Crippen LogP) is 3.56. The first-order valence-corrected chi connectivity index (χ1v) is 6.94. The van der Waals surface area contributed by atoms with Crippen LogP contribution in [0.3, 0.4) is 0 Å². The number of H-pyrrole nitrogens is 1. The van der Waals surface area contributed by atoms with E-state index in [0.29, 0.717) is 0 Å². The molecule has 2 heterocycles. The summed E-state index contributed by atoms with van der Waals surface area (Å²) < 4.78 is 9.87. The smallest absolute Gasteiger partial charge is 0.305 e. The number of aromatic nitrogens is 1. The maximum Gasteiger partial charge on any atom is 0.305 e. The van der Waals surface area contributed by atoms with E-state index in [9.17, 15) is 9.59 Å². The number of furan rings is 1. The first-order valence-electron chi connectivity index (χ1n) is 6.94. The number of hydrogen-bond donors (Lipinski definition) is 1. The highest BCUT2D eigenvalue weighted by molar-refractivity contribution is 5.99. The molecule has 5 nitrogen and oxygen atoms in total. The van der Waals surface area contributed by atoms with Crippen molar-refractivity contribution in [2.45, 2.75) is 12.8 Å². The zero-order chi connectivity index (χ0) is 15.5. The Balaban J connectivity index is 1.82. The van der Waals surface area contributed by atoms with Gasteiger partial charge in [-0.25, -0.2) is 0 Å². The standard InChI is InChI=1S/C17H15NO4/c1-21-17(20)7-6-15(19)16-8-11(10-22-16)13-9-18-14-5-3-2-4-12(13)14/h2-5,8-10,18H,6-7H2,1H3. The third-order valence-electron chi connectivity index (χ3n) is 3.56. The zero-order valence-corrected chi connectivity index (χ0v) is 12.1. The summed E-state index contributed by atoms with van der Waals surface area (Å²) in [5.41, 5.74) is 2.84. The Kier molecular flexibility index (Phi) is 3.78. The van der Waals surface area contributed by atoms with Gasteiger partial charge in [0.15, 0.2) is 11.5 Å². The Morgan fingerprint density at radius 1 is 1.23 bits per heavy atom. The number of rotatable bonds is 5. The van der Waals surface area contributed by atoms with E-state index in [4.69, 9.17) is 4.42 Å². The number of aromatic amines is 1. The Hall–Kier alpha value is -2.82. The fourth-order valence-corrected chi connectivity index (χ4v) is 2.37. The van der Waals surface area contributed by atoms with E-state index in [0.717, 1.165) is 22.0 Å². The van der Waals surface area contributed by atoms with E-state index in [1.54, 1.807) is 12.3 Å². The second-order valence-electron chi connectivity index (χ2n) is 4.95. The van der Waals surface area contributed by atoms with Crippen LogP contribution in [0.2, 0.25) is 0 Å². The van der Waals surface area contributed by atoms with Gasteiger partial charge in [0.05, 0.1) is 19.8 Å². The van der Waals surface area contributed by atoms with Crippen LogP contribution in [0.25, 0.3) is 22.0 Å². The monoisotopic (exact) mass is 297 g/mol. The topological polar surface area (TPSA) is 72.3 Å². The van der Waals surface area contributed by atoms with Gasteiger partial charge in [-0.1, -0.05) is 18.2 Å². The minimum atomic E-state index is -0.406. The first kappa shape index (κ1) is 14.1. The van der Waals surface area contributed by atoms with Crippen LogP contribution in [-0.4, -0.2) is 23.8 Å². The van der Waals surface area contributed by atoms with Crippen molar-refractivity contribution < 1.29 is 18.7 Å². The van der Waals surface area contributed by atoms with E-state index in [-0.39, 0.29) is 24.4 Å². The number of hydrogen-bond acceptors (Lipinski definition) is 4. The highest BCUT2D eigenvalue weighted by Gasteiger charge is 2.15. The molecule has 1 N–H and O–H groups in total. The summed E-state index contributed by atoms with van der Waals surface area (Å²) in [5.74, 6) is -0.363. The van der Waals surface area contributed by atoms with Crippen LogP contribution in [0.1, 0.15) is 23.4 Å². The van der Waals surface area contributed by atoms with Gasteiger partial charge >= 0.3 is 5.97 Å². The van der Waals surface area contributed by atoms with Crippen molar-refractivity contribution in [2.75, 3.05) is 7.11 Å². The van der Waals surface area contributed by atoms with E-state index in [1.807, 2.05) is 30.5 Å². The van der Waals surface area contributed by atoms with Gasteiger partial charge < -0.3 is 14.1 Å². The third kappa shape index (κ3) is 2.65. The molecule has 0 aliphatic carbocycles. The van der Waals surface area contributed by atoms with E-state index < -0.39 is 5.97 Å². The lowest BCUT2D eigenvalue weighted by Crippen LogP contribution is -2.05. The summed E-state index contributed by atoms with van der Waals surface area (Å²) >= 11 is 0. The minimum Gasteiger partial charge on any atom is -0.469 e. The molecule has 22 heavy (non-hydrogen) atoms. The van der Waals surface area contributed by atoms with Gasteiger partial charge in [-0.15, -0.1) is 0 Å². The van der Waals surface area contributed by atoms with E-state index in [1.165, 1.54) is 7.11 Å². The molecule has 5 heteroatoms. The summed E-state index contributed by atoms with van der Waals surface area (Å²) in [6.07, 6.45) is 3.57. The van der Waals surface area contributed by atoms with Crippen LogP contribution in [-0.2, 0) is 9.53 Å². The van der Waals surface area contributed by atoms with Crippen molar-refractivity contribution in [3.63, 3.8) is 0 Å². The molecule has 0 radical (unpaired) electrons. The zero-order valence-electron chi connectivity index (χ0n) is 12.1. The molecule has 0 aliphatic heterocycles. The van der Waals surface area contributed by atoms with Crippen LogP contribution < -0.4 is 0 Å². The Labute approximate surface area is 126 Å². The van der Waals surface area contributed by atoms with E-state index in [2.05, 4.69) is 9.72 Å². The van der Waals surface area contributed by atoms with Crippen molar-refractivity contribution in [1.82, 2.24) is 4.98 Å². The first-order chi connectivity index (χ1) is 10.7. The third-order valence-corrected chi connectivity index (χ3v) is 3.56. The molecule has 0 saturated carbocycles. The molecule has 0 fully saturated rings. The molecule has 1 aromatic carbocycles. The Morgan fingerprint density at radius 3 is 2.86 bits per heavy atom. The van der Waals surface area contributed by atoms with Gasteiger partial charge in [-0.05, 0) is 12.1 Å². The molecule has 0 unspecified atom stereocenters.